The van der Waals surface area contributed by atoms with Crippen LogP contribution in [0, 0.1) is 6.92 Å². The van der Waals surface area contributed by atoms with Gasteiger partial charge in [0.25, 0.3) is 0 Å². The van der Waals surface area contributed by atoms with Crippen molar-refractivity contribution in [3.63, 3.8) is 0 Å². The van der Waals surface area contributed by atoms with Crippen molar-refractivity contribution in [1.82, 2.24) is 4.98 Å². The van der Waals surface area contributed by atoms with Gasteiger partial charge in [0.05, 0.1) is 5.56 Å². The zero-order valence-corrected chi connectivity index (χ0v) is 14.3. The SMILES string of the molecule is Cc1nc2ccc3c(c2o1)C=CC(c1ccccc1)(c1ccccc1)O3. The van der Waals surface area contributed by atoms with Crippen molar-refractivity contribution in [1.29, 1.82) is 0 Å². The number of rotatable bonds is 2. The van der Waals surface area contributed by atoms with E-state index in [0.717, 1.165) is 33.5 Å². The third-order valence-corrected chi connectivity index (χ3v) is 4.82. The zero-order chi connectivity index (χ0) is 17.6. The van der Waals surface area contributed by atoms with Gasteiger partial charge in [0.2, 0.25) is 0 Å². The third kappa shape index (κ3) is 2.17. The van der Waals surface area contributed by atoms with Gasteiger partial charge in [0.1, 0.15) is 11.3 Å². The monoisotopic (exact) mass is 339 g/mol. The lowest BCUT2D eigenvalue weighted by Crippen LogP contribution is -2.34. The number of ether oxygens (including phenoxy) is 1. The maximum absolute atomic E-state index is 6.63. The van der Waals surface area contributed by atoms with Gasteiger partial charge in [-0.3, -0.25) is 0 Å². The maximum atomic E-state index is 6.63. The normalized spacial score (nSPS) is 14.8. The number of benzene rings is 3. The van der Waals surface area contributed by atoms with Crippen LogP contribution >= 0.6 is 0 Å². The molecule has 0 saturated carbocycles. The fourth-order valence-corrected chi connectivity index (χ4v) is 3.61. The van der Waals surface area contributed by atoms with Gasteiger partial charge in [-0.25, -0.2) is 4.98 Å². The second kappa shape index (κ2) is 5.60. The fourth-order valence-electron chi connectivity index (χ4n) is 3.61. The predicted octanol–water partition coefficient (Wildman–Crippen LogP) is 5.49. The van der Waals surface area contributed by atoms with Gasteiger partial charge in [-0.15, -0.1) is 0 Å². The number of aromatic nitrogens is 1. The highest BCUT2D eigenvalue weighted by molar-refractivity contribution is 5.87. The number of hydrogen-bond acceptors (Lipinski definition) is 3. The van der Waals surface area contributed by atoms with E-state index in [-0.39, 0.29) is 0 Å². The molecule has 0 aliphatic carbocycles. The van der Waals surface area contributed by atoms with E-state index in [9.17, 15) is 0 Å². The Morgan fingerprint density at radius 3 is 2.12 bits per heavy atom. The quantitative estimate of drug-likeness (QED) is 0.485. The number of nitrogens with zero attached hydrogens (tertiary/aromatic N) is 1. The van der Waals surface area contributed by atoms with E-state index in [1.807, 2.05) is 55.5 Å². The van der Waals surface area contributed by atoms with Crippen molar-refractivity contribution in [2.24, 2.45) is 0 Å². The van der Waals surface area contributed by atoms with Crippen molar-refractivity contribution in [3.05, 3.63) is 101 Å². The van der Waals surface area contributed by atoms with E-state index in [0.29, 0.717) is 5.89 Å². The summed E-state index contributed by atoms with van der Waals surface area (Å²) in [6.07, 6.45) is 4.20. The molecule has 3 heteroatoms. The van der Waals surface area contributed by atoms with E-state index in [2.05, 4.69) is 41.4 Å². The Hall–Kier alpha value is -3.33. The van der Waals surface area contributed by atoms with Crippen LogP contribution in [0.4, 0.5) is 0 Å². The van der Waals surface area contributed by atoms with Crippen LogP contribution in [0.1, 0.15) is 22.6 Å². The minimum absolute atomic E-state index is 0.657. The summed E-state index contributed by atoms with van der Waals surface area (Å²) in [5.74, 6) is 1.45. The van der Waals surface area contributed by atoms with Gasteiger partial charge in [-0.2, -0.15) is 0 Å². The topological polar surface area (TPSA) is 35.3 Å². The van der Waals surface area contributed by atoms with Crippen LogP contribution in [-0.4, -0.2) is 4.98 Å². The largest absolute Gasteiger partial charge is 0.473 e. The minimum Gasteiger partial charge on any atom is -0.473 e. The van der Waals surface area contributed by atoms with Gasteiger partial charge >= 0.3 is 0 Å². The molecule has 0 unspecified atom stereocenters. The first-order valence-electron chi connectivity index (χ1n) is 8.66. The Labute approximate surface area is 151 Å². The van der Waals surface area contributed by atoms with Crippen LogP contribution in [-0.2, 0) is 5.60 Å². The summed E-state index contributed by atoms with van der Waals surface area (Å²) in [5.41, 5.74) is 4.06. The van der Waals surface area contributed by atoms with Gasteiger partial charge in [-0.1, -0.05) is 60.7 Å². The lowest BCUT2D eigenvalue weighted by atomic mass is 9.83. The zero-order valence-electron chi connectivity index (χ0n) is 14.3. The van der Waals surface area contributed by atoms with Crippen LogP contribution in [0.25, 0.3) is 17.2 Å². The average molecular weight is 339 g/mol. The highest BCUT2D eigenvalue weighted by atomic mass is 16.5. The van der Waals surface area contributed by atoms with Crippen LogP contribution in [0.5, 0.6) is 5.75 Å². The van der Waals surface area contributed by atoms with E-state index < -0.39 is 5.60 Å². The van der Waals surface area contributed by atoms with Gasteiger partial charge in [0, 0.05) is 18.1 Å². The summed E-state index contributed by atoms with van der Waals surface area (Å²) >= 11 is 0. The van der Waals surface area contributed by atoms with E-state index >= 15 is 0 Å². The van der Waals surface area contributed by atoms with Crippen molar-refractivity contribution >= 4 is 17.2 Å². The Bertz CT molecular complexity index is 1070. The Balaban J connectivity index is 1.74. The number of aryl methyl sites for hydroxylation is 1. The lowest BCUT2D eigenvalue weighted by Gasteiger charge is -2.36. The fraction of sp³-hybridized carbons (Fsp3) is 0.0870. The lowest BCUT2D eigenvalue weighted by molar-refractivity contribution is 0.161. The van der Waals surface area contributed by atoms with E-state index in [1.165, 1.54) is 0 Å². The summed E-state index contributed by atoms with van der Waals surface area (Å²) in [7, 11) is 0. The molecular weight excluding hydrogens is 322 g/mol. The molecule has 2 heterocycles. The van der Waals surface area contributed by atoms with Crippen molar-refractivity contribution in [2.75, 3.05) is 0 Å². The molecule has 0 atom stereocenters. The number of hydrogen-bond donors (Lipinski definition) is 0. The second-order valence-electron chi connectivity index (χ2n) is 6.46. The summed E-state index contributed by atoms with van der Waals surface area (Å²) in [5, 5.41) is 0. The molecule has 3 aromatic carbocycles. The number of fused-ring (bicyclic) bond motifs is 3. The molecule has 4 aromatic rings. The predicted molar refractivity (Wildman–Crippen MR) is 102 cm³/mol. The molecule has 1 aliphatic heterocycles. The van der Waals surface area contributed by atoms with Gasteiger partial charge in [0.15, 0.2) is 17.1 Å². The van der Waals surface area contributed by atoms with Gasteiger partial charge < -0.3 is 9.15 Å². The molecule has 0 bridgehead atoms. The van der Waals surface area contributed by atoms with Gasteiger partial charge in [-0.05, 0) is 24.3 Å². The minimum atomic E-state index is -0.668. The van der Waals surface area contributed by atoms with Crippen molar-refractivity contribution < 1.29 is 9.15 Å². The summed E-state index contributed by atoms with van der Waals surface area (Å²) in [4.78, 5) is 4.42. The molecule has 0 amide bonds. The molecule has 26 heavy (non-hydrogen) atoms. The van der Waals surface area contributed by atoms with Crippen LogP contribution in [0.15, 0.2) is 83.3 Å². The van der Waals surface area contributed by atoms with Crippen molar-refractivity contribution in [3.8, 4) is 5.75 Å². The summed E-state index contributed by atoms with van der Waals surface area (Å²) in [6, 6.07) is 24.5. The van der Waals surface area contributed by atoms with E-state index in [1.54, 1.807) is 0 Å². The molecule has 0 radical (unpaired) electrons. The third-order valence-electron chi connectivity index (χ3n) is 4.82. The first kappa shape index (κ1) is 15.0. The Morgan fingerprint density at radius 1 is 0.808 bits per heavy atom. The first-order valence-corrected chi connectivity index (χ1v) is 8.66. The van der Waals surface area contributed by atoms with E-state index in [4.69, 9.17) is 9.15 Å². The highest BCUT2D eigenvalue weighted by Gasteiger charge is 2.37. The highest BCUT2D eigenvalue weighted by Crippen LogP contribution is 2.43. The molecule has 0 spiro atoms. The Morgan fingerprint density at radius 2 is 1.46 bits per heavy atom. The molecule has 0 N–H and O–H groups in total. The molecule has 1 aliphatic rings. The summed E-state index contributed by atoms with van der Waals surface area (Å²) < 4.78 is 12.4. The Kier molecular flexibility index (Phi) is 3.22. The van der Waals surface area contributed by atoms with Crippen LogP contribution in [0.3, 0.4) is 0 Å². The molecule has 5 rings (SSSR count). The second-order valence-corrected chi connectivity index (χ2v) is 6.46. The van der Waals surface area contributed by atoms with Crippen molar-refractivity contribution in [2.45, 2.75) is 12.5 Å². The molecule has 3 nitrogen and oxygen atoms in total. The van der Waals surface area contributed by atoms with Crippen LogP contribution in [0.2, 0.25) is 0 Å². The number of oxazole rings is 1. The maximum Gasteiger partial charge on any atom is 0.192 e. The first-order chi connectivity index (χ1) is 12.8. The standard InChI is InChI=1S/C23H17NO2/c1-16-24-20-12-13-21-19(22(20)25-16)14-15-23(26-21,17-8-4-2-5-9-17)18-10-6-3-7-11-18/h2-15H,1H3. The molecular formula is C23H17NO2. The molecule has 0 saturated heterocycles. The smallest absolute Gasteiger partial charge is 0.192 e. The van der Waals surface area contributed by atoms with Crippen LogP contribution < -0.4 is 4.74 Å². The molecule has 0 fully saturated rings. The molecule has 126 valence electrons. The average Bonchev–Trinajstić information content (AvgIpc) is 3.09. The summed E-state index contributed by atoms with van der Waals surface area (Å²) in [6.45, 7) is 1.86. The molecule has 1 aromatic heterocycles.